The van der Waals surface area contributed by atoms with E-state index >= 15 is 0 Å². The summed E-state index contributed by atoms with van der Waals surface area (Å²) in [5, 5.41) is 10.9. The van der Waals surface area contributed by atoms with Crippen molar-refractivity contribution >= 4 is 16.5 Å². The van der Waals surface area contributed by atoms with E-state index in [1.54, 1.807) is 11.3 Å². The van der Waals surface area contributed by atoms with Gasteiger partial charge in [0.15, 0.2) is 5.13 Å². The maximum absolute atomic E-state index is 4.64. The largest absolute Gasteiger partial charge is 0.359 e. The van der Waals surface area contributed by atoms with Crippen LogP contribution in [0.1, 0.15) is 19.5 Å². The Labute approximate surface area is 128 Å². The van der Waals surface area contributed by atoms with E-state index in [0.717, 1.165) is 27.8 Å². The predicted octanol–water partition coefficient (Wildman–Crippen LogP) is 4.12. The van der Waals surface area contributed by atoms with Crippen LogP contribution in [-0.4, -0.2) is 20.8 Å². The van der Waals surface area contributed by atoms with Crippen LogP contribution < -0.4 is 5.32 Å². The second-order valence-corrected chi connectivity index (χ2v) is 6.09. The van der Waals surface area contributed by atoms with Gasteiger partial charge in [-0.15, -0.1) is 11.3 Å². The molecule has 0 unspecified atom stereocenters. The highest BCUT2D eigenvalue weighted by Crippen LogP contribution is 2.28. The lowest BCUT2D eigenvalue weighted by Crippen LogP contribution is -2.08. The quantitative estimate of drug-likeness (QED) is 0.787. The van der Waals surface area contributed by atoms with Gasteiger partial charge in [0.25, 0.3) is 0 Å². The van der Waals surface area contributed by atoms with E-state index < -0.39 is 0 Å². The fourth-order valence-electron chi connectivity index (χ4n) is 2.20. The molecule has 0 fully saturated rings. The Morgan fingerprint density at radius 2 is 1.95 bits per heavy atom. The van der Waals surface area contributed by atoms with Gasteiger partial charge in [-0.3, -0.25) is 0 Å². The van der Waals surface area contributed by atoms with Crippen LogP contribution in [0.5, 0.6) is 0 Å². The third-order valence-corrected chi connectivity index (χ3v) is 3.98. The maximum atomic E-state index is 4.64. The lowest BCUT2D eigenvalue weighted by Gasteiger charge is -2.05. The highest BCUT2D eigenvalue weighted by atomic mass is 32.1. The summed E-state index contributed by atoms with van der Waals surface area (Å²) >= 11 is 1.63. The average Bonchev–Trinajstić information content (AvgIpc) is 3.06. The predicted molar refractivity (Wildman–Crippen MR) is 88.2 cm³/mol. The molecule has 0 spiro atoms. The zero-order valence-electron chi connectivity index (χ0n) is 12.4. The van der Waals surface area contributed by atoms with Crippen molar-refractivity contribution in [3.8, 4) is 16.9 Å². The zero-order chi connectivity index (χ0) is 14.8. The fraction of sp³-hybridized carbons (Fsp3) is 0.250. The Kier molecular flexibility index (Phi) is 3.75. The topological polar surface area (TPSA) is 42.7 Å². The smallest absolute Gasteiger partial charge is 0.183 e. The van der Waals surface area contributed by atoms with Crippen molar-refractivity contribution in [1.29, 1.82) is 0 Å². The molecule has 0 radical (unpaired) electrons. The van der Waals surface area contributed by atoms with Crippen molar-refractivity contribution in [2.24, 2.45) is 0 Å². The number of thiazole rings is 1. The summed E-state index contributed by atoms with van der Waals surface area (Å²) < 4.78 is 1.95. The molecule has 5 heteroatoms. The molecular weight excluding hydrogens is 280 g/mol. The molecule has 0 saturated carbocycles. The fourth-order valence-corrected chi connectivity index (χ4v) is 3.06. The molecule has 2 heterocycles. The Bertz CT molecular complexity index is 728. The van der Waals surface area contributed by atoms with Crippen molar-refractivity contribution in [2.75, 3.05) is 5.32 Å². The number of aromatic nitrogens is 3. The van der Waals surface area contributed by atoms with E-state index in [1.807, 2.05) is 29.1 Å². The molecule has 0 aliphatic carbocycles. The summed E-state index contributed by atoms with van der Waals surface area (Å²) in [6.45, 7) is 6.30. The monoisotopic (exact) mass is 298 g/mol. The van der Waals surface area contributed by atoms with Crippen LogP contribution in [0.3, 0.4) is 0 Å². The second-order valence-electron chi connectivity index (χ2n) is 5.23. The van der Waals surface area contributed by atoms with Crippen molar-refractivity contribution in [3.05, 3.63) is 47.6 Å². The van der Waals surface area contributed by atoms with Crippen LogP contribution in [0.2, 0.25) is 0 Å². The lowest BCUT2D eigenvalue weighted by atomic mass is 10.2. The molecule has 0 aliphatic heterocycles. The molecule has 4 nitrogen and oxygen atoms in total. The van der Waals surface area contributed by atoms with Gasteiger partial charge in [-0.1, -0.05) is 18.2 Å². The summed E-state index contributed by atoms with van der Waals surface area (Å²) in [5.74, 6) is 0. The Hall–Kier alpha value is -2.14. The highest BCUT2D eigenvalue weighted by Gasteiger charge is 2.13. The summed E-state index contributed by atoms with van der Waals surface area (Å²) in [4.78, 5) is 4.64. The number of benzene rings is 1. The third-order valence-electron chi connectivity index (χ3n) is 3.20. The molecule has 0 bridgehead atoms. The number of hydrogen-bond acceptors (Lipinski definition) is 4. The van der Waals surface area contributed by atoms with Crippen LogP contribution in [0.4, 0.5) is 5.13 Å². The minimum absolute atomic E-state index is 0.386. The first kappa shape index (κ1) is 13.8. The molecule has 0 saturated heterocycles. The van der Waals surface area contributed by atoms with Gasteiger partial charge in [0.2, 0.25) is 0 Å². The first-order valence-corrected chi connectivity index (χ1v) is 7.85. The first-order valence-electron chi connectivity index (χ1n) is 6.97. The normalized spacial score (nSPS) is 11.0. The molecule has 0 atom stereocenters. The standard InChI is InChI=1S/C16H18N4S/c1-11(2)18-16-19-15(10-21-16)14-9-17-20(12(14)3)13-7-5-4-6-8-13/h4-11H,1-3H3,(H,18,19). The van der Waals surface area contributed by atoms with E-state index in [0.29, 0.717) is 6.04 Å². The molecule has 3 aromatic rings. The zero-order valence-corrected chi connectivity index (χ0v) is 13.2. The average molecular weight is 298 g/mol. The number of hydrogen-bond donors (Lipinski definition) is 1. The summed E-state index contributed by atoms with van der Waals surface area (Å²) in [6, 6.07) is 10.5. The van der Waals surface area contributed by atoms with Crippen LogP contribution >= 0.6 is 11.3 Å². The van der Waals surface area contributed by atoms with Gasteiger partial charge >= 0.3 is 0 Å². The van der Waals surface area contributed by atoms with Gasteiger partial charge in [-0.05, 0) is 32.9 Å². The summed E-state index contributed by atoms with van der Waals surface area (Å²) in [5.41, 5.74) is 4.22. The number of nitrogens with zero attached hydrogens (tertiary/aromatic N) is 3. The minimum Gasteiger partial charge on any atom is -0.359 e. The van der Waals surface area contributed by atoms with Gasteiger partial charge in [-0.2, -0.15) is 5.10 Å². The molecule has 2 aromatic heterocycles. The molecule has 1 aromatic carbocycles. The van der Waals surface area contributed by atoms with Crippen molar-refractivity contribution in [1.82, 2.24) is 14.8 Å². The van der Waals surface area contributed by atoms with E-state index in [-0.39, 0.29) is 0 Å². The molecular formula is C16H18N4S. The molecule has 3 rings (SSSR count). The van der Waals surface area contributed by atoms with E-state index in [4.69, 9.17) is 0 Å². The molecule has 0 amide bonds. The van der Waals surface area contributed by atoms with Crippen LogP contribution in [0, 0.1) is 6.92 Å². The molecule has 0 aliphatic rings. The maximum Gasteiger partial charge on any atom is 0.183 e. The third kappa shape index (κ3) is 2.83. The molecule has 1 N–H and O–H groups in total. The van der Waals surface area contributed by atoms with Crippen LogP contribution in [-0.2, 0) is 0 Å². The lowest BCUT2D eigenvalue weighted by molar-refractivity contribution is 0.847. The van der Waals surface area contributed by atoms with Crippen molar-refractivity contribution in [2.45, 2.75) is 26.8 Å². The van der Waals surface area contributed by atoms with Gasteiger partial charge in [0, 0.05) is 17.0 Å². The Morgan fingerprint density at radius 1 is 1.19 bits per heavy atom. The number of rotatable bonds is 4. The SMILES string of the molecule is Cc1c(-c2csc(NC(C)C)n2)cnn1-c1ccccc1. The van der Waals surface area contributed by atoms with E-state index in [2.05, 4.69) is 53.7 Å². The van der Waals surface area contributed by atoms with E-state index in [1.165, 1.54) is 0 Å². The van der Waals surface area contributed by atoms with Crippen molar-refractivity contribution in [3.63, 3.8) is 0 Å². The number of nitrogens with one attached hydrogen (secondary N) is 1. The van der Waals surface area contributed by atoms with Crippen LogP contribution in [0.15, 0.2) is 41.9 Å². The first-order chi connectivity index (χ1) is 10.1. The highest BCUT2D eigenvalue weighted by molar-refractivity contribution is 7.14. The van der Waals surface area contributed by atoms with Gasteiger partial charge in [0.1, 0.15) is 0 Å². The number of para-hydroxylation sites is 1. The van der Waals surface area contributed by atoms with E-state index in [9.17, 15) is 0 Å². The van der Waals surface area contributed by atoms with Crippen LogP contribution in [0.25, 0.3) is 16.9 Å². The van der Waals surface area contributed by atoms with Gasteiger partial charge < -0.3 is 5.32 Å². The molecule has 108 valence electrons. The number of anilines is 1. The Morgan fingerprint density at radius 3 is 2.67 bits per heavy atom. The van der Waals surface area contributed by atoms with Gasteiger partial charge in [0.05, 0.1) is 23.3 Å². The van der Waals surface area contributed by atoms with Gasteiger partial charge in [-0.25, -0.2) is 9.67 Å². The second kappa shape index (κ2) is 5.69. The Balaban J connectivity index is 1.94. The summed E-state index contributed by atoms with van der Waals surface area (Å²) in [7, 11) is 0. The summed E-state index contributed by atoms with van der Waals surface area (Å²) in [6.07, 6.45) is 1.89. The minimum atomic E-state index is 0.386. The molecule has 21 heavy (non-hydrogen) atoms. The van der Waals surface area contributed by atoms with Crippen molar-refractivity contribution < 1.29 is 0 Å².